The summed E-state index contributed by atoms with van der Waals surface area (Å²) in [5.74, 6) is 4.45. The van der Waals surface area contributed by atoms with Crippen LogP contribution in [0.3, 0.4) is 0 Å². The van der Waals surface area contributed by atoms with Gasteiger partial charge >= 0.3 is 0 Å². The second-order valence-electron chi connectivity index (χ2n) is 9.22. The van der Waals surface area contributed by atoms with Crippen molar-refractivity contribution in [1.82, 2.24) is 0 Å². The Hall–Kier alpha value is -0.700. The lowest BCUT2D eigenvalue weighted by Crippen LogP contribution is -2.36. The molecule has 0 aromatic rings. The van der Waals surface area contributed by atoms with E-state index < -0.39 is 0 Å². The zero-order chi connectivity index (χ0) is 15.7. The Labute approximate surface area is 138 Å². The van der Waals surface area contributed by atoms with Crippen LogP contribution in [-0.2, 0) is 9.59 Å². The van der Waals surface area contributed by atoms with E-state index in [-0.39, 0.29) is 17.9 Å². The fraction of sp³-hybridized carbons (Fsp3) is 0.900. The molecule has 0 amide bonds. The first-order valence-electron chi connectivity index (χ1n) is 9.98. The van der Waals surface area contributed by atoms with Gasteiger partial charge in [-0.15, -0.1) is 0 Å². The zero-order valence-electron chi connectivity index (χ0n) is 14.0. The van der Waals surface area contributed by atoms with Crippen LogP contribution in [0.1, 0.15) is 57.8 Å². The average Bonchev–Trinajstić information content (AvgIpc) is 3.00. The van der Waals surface area contributed by atoms with Crippen LogP contribution in [0.25, 0.3) is 0 Å². The van der Waals surface area contributed by atoms with E-state index in [1.165, 1.54) is 19.3 Å². The largest absolute Gasteiger partial charge is 0.328 e. The third-order valence-electron chi connectivity index (χ3n) is 8.41. The summed E-state index contributed by atoms with van der Waals surface area (Å²) in [4.78, 5) is 26.0. The molecule has 0 heterocycles. The number of fused-ring (bicyclic) bond motifs is 6. The van der Waals surface area contributed by atoms with Crippen molar-refractivity contribution >= 4 is 11.6 Å². The highest BCUT2D eigenvalue weighted by Gasteiger charge is 2.60. The maximum Gasteiger partial charge on any atom is 0.139 e. The standard InChI is InChI=1S/C20H29NO2/c21-10-5-6-12-15-9-17-14(8-18(15)20(23)16(12)7-10)11-3-1-2-4-13(11)19(17)22/h10-18H,1-9,21H2. The van der Waals surface area contributed by atoms with Gasteiger partial charge in [-0.2, -0.15) is 0 Å². The lowest BCUT2D eigenvalue weighted by atomic mass is 9.65. The summed E-state index contributed by atoms with van der Waals surface area (Å²) in [6.07, 6.45) is 10.1. The van der Waals surface area contributed by atoms with E-state index in [9.17, 15) is 9.59 Å². The van der Waals surface area contributed by atoms with Crippen LogP contribution in [0.15, 0.2) is 0 Å². The smallest absolute Gasteiger partial charge is 0.139 e. The topological polar surface area (TPSA) is 60.2 Å². The Balaban J connectivity index is 1.43. The lowest BCUT2D eigenvalue weighted by molar-refractivity contribution is -0.129. The molecule has 3 nitrogen and oxygen atoms in total. The molecule has 9 atom stereocenters. The van der Waals surface area contributed by atoms with Crippen molar-refractivity contribution < 1.29 is 9.59 Å². The molecule has 5 aliphatic rings. The van der Waals surface area contributed by atoms with Crippen LogP contribution in [0, 0.1) is 47.3 Å². The summed E-state index contributed by atoms with van der Waals surface area (Å²) in [5, 5.41) is 0. The molecule has 0 bridgehead atoms. The predicted octanol–water partition coefficient (Wildman–Crippen LogP) is 2.96. The molecule has 0 saturated heterocycles. The number of hydrogen-bond acceptors (Lipinski definition) is 3. The third-order valence-corrected chi connectivity index (χ3v) is 8.41. The minimum absolute atomic E-state index is 0.226. The number of Topliss-reactive ketones (excluding diaryl/α,β-unsaturated/α-hetero) is 2. The van der Waals surface area contributed by atoms with Crippen molar-refractivity contribution in [2.24, 2.45) is 53.1 Å². The molecule has 0 spiro atoms. The molecular formula is C20H29NO2. The monoisotopic (exact) mass is 315 g/mol. The summed E-state index contributed by atoms with van der Waals surface area (Å²) in [6.45, 7) is 0. The van der Waals surface area contributed by atoms with Crippen molar-refractivity contribution in [3.8, 4) is 0 Å². The van der Waals surface area contributed by atoms with E-state index in [0.29, 0.717) is 47.1 Å². The van der Waals surface area contributed by atoms with Crippen molar-refractivity contribution in [1.29, 1.82) is 0 Å². The van der Waals surface area contributed by atoms with Gasteiger partial charge in [0, 0.05) is 29.7 Å². The molecule has 5 rings (SSSR count). The summed E-state index contributed by atoms with van der Waals surface area (Å²) >= 11 is 0. The Morgan fingerprint density at radius 1 is 0.609 bits per heavy atom. The van der Waals surface area contributed by atoms with E-state index in [1.807, 2.05) is 0 Å². The molecule has 5 aliphatic carbocycles. The molecule has 0 aliphatic heterocycles. The maximum atomic E-state index is 13.0. The number of hydrogen-bond donors (Lipinski definition) is 1. The first-order chi connectivity index (χ1) is 11.1. The van der Waals surface area contributed by atoms with Gasteiger partial charge in [-0.25, -0.2) is 0 Å². The van der Waals surface area contributed by atoms with Crippen LogP contribution in [0.5, 0.6) is 0 Å². The van der Waals surface area contributed by atoms with Gasteiger partial charge < -0.3 is 5.73 Å². The zero-order valence-corrected chi connectivity index (χ0v) is 14.0. The number of ketones is 2. The maximum absolute atomic E-state index is 13.0. The normalized spacial score (nSPS) is 55.1. The molecule has 0 aromatic heterocycles. The molecule has 126 valence electrons. The molecule has 0 radical (unpaired) electrons. The van der Waals surface area contributed by atoms with Gasteiger partial charge in [0.2, 0.25) is 0 Å². The second kappa shape index (κ2) is 5.15. The average molecular weight is 315 g/mol. The summed E-state index contributed by atoms with van der Waals surface area (Å²) < 4.78 is 0. The van der Waals surface area contributed by atoms with Crippen molar-refractivity contribution in [3.05, 3.63) is 0 Å². The van der Waals surface area contributed by atoms with Gasteiger partial charge in [0.25, 0.3) is 0 Å². The first-order valence-corrected chi connectivity index (χ1v) is 9.98. The number of carbonyl (C=O) groups is 2. The molecule has 5 fully saturated rings. The van der Waals surface area contributed by atoms with Gasteiger partial charge in [-0.1, -0.05) is 12.8 Å². The van der Waals surface area contributed by atoms with Gasteiger partial charge in [0.15, 0.2) is 0 Å². The third kappa shape index (κ3) is 1.98. The molecular weight excluding hydrogens is 286 g/mol. The number of carbonyl (C=O) groups excluding carboxylic acids is 2. The minimum atomic E-state index is 0.226. The molecule has 0 aromatic carbocycles. The van der Waals surface area contributed by atoms with E-state index in [4.69, 9.17) is 5.73 Å². The Morgan fingerprint density at radius 2 is 1.17 bits per heavy atom. The quantitative estimate of drug-likeness (QED) is 0.747. The second-order valence-corrected chi connectivity index (χ2v) is 9.22. The lowest BCUT2D eigenvalue weighted by Gasteiger charge is -2.39. The number of rotatable bonds is 0. The van der Waals surface area contributed by atoms with E-state index in [0.717, 1.165) is 38.5 Å². The van der Waals surface area contributed by atoms with E-state index in [2.05, 4.69) is 0 Å². The van der Waals surface area contributed by atoms with Gasteiger partial charge in [0.05, 0.1) is 0 Å². The molecule has 2 N–H and O–H groups in total. The summed E-state index contributed by atoms with van der Waals surface area (Å²) in [5.41, 5.74) is 6.14. The van der Waals surface area contributed by atoms with Crippen molar-refractivity contribution in [2.45, 2.75) is 63.8 Å². The highest BCUT2D eigenvalue weighted by Crippen LogP contribution is 2.60. The summed E-state index contributed by atoms with van der Waals surface area (Å²) in [7, 11) is 0. The molecule has 5 saturated carbocycles. The predicted molar refractivity (Wildman–Crippen MR) is 87.5 cm³/mol. The summed E-state index contributed by atoms with van der Waals surface area (Å²) in [6, 6.07) is 0.226. The van der Waals surface area contributed by atoms with Crippen LogP contribution in [-0.4, -0.2) is 17.6 Å². The van der Waals surface area contributed by atoms with Crippen LogP contribution in [0.4, 0.5) is 0 Å². The fourth-order valence-electron chi connectivity index (χ4n) is 7.51. The van der Waals surface area contributed by atoms with Crippen LogP contribution < -0.4 is 5.73 Å². The van der Waals surface area contributed by atoms with Gasteiger partial charge in [-0.05, 0) is 68.6 Å². The van der Waals surface area contributed by atoms with Crippen LogP contribution >= 0.6 is 0 Å². The fourth-order valence-corrected chi connectivity index (χ4v) is 7.51. The van der Waals surface area contributed by atoms with Crippen molar-refractivity contribution in [2.75, 3.05) is 0 Å². The molecule has 9 unspecified atom stereocenters. The van der Waals surface area contributed by atoms with E-state index >= 15 is 0 Å². The SMILES string of the molecule is NC1CCC2C(C1)C(=O)C1CC3C(CC12)C(=O)C1CCCCC13. The Kier molecular flexibility index (Phi) is 3.27. The van der Waals surface area contributed by atoms with Gasteiger partial charge in [0.1, 0.15) is 11.6 Å². The van der Waals surface area contributed by atoms with Gasteiger partial charge in [-0.3, -0.25) is 9.59 Å². The Morgan fingerprint density at radius 3 is 1.91 bits per heavy atom. The Bertz CT molecular complexity index is 544. The molecule has 23 heavy (non-hydrogen) atoms. The number of nitrogens with two attached hydrogens (primary N) is 1. The van der Waals surface area contributed by atoms with Crippen LogP contribution in [0.2, 0.25) is 0 Å². The highest BCUT2D eigenvalue weighted by molar-refractivity contribution is 5.90. The minimum Gasteiger partial charge on any atom is -0.328 e. The van der Waals surface area contributed by atoms with Crippen molar-refractivity contribution in [3.63, 3.8) is 0 Å². The first kappa shape index (κ1) is 14.6. The molecule has 3 heteroatoms. The van der Waals surface area contributed by atoms with E-state index in [1.54, 1.807) is 0 Å². The highest BCUT2D eigenvalue weighted by atomic mass is 16.1.